The van der Waals surface area contributed by atoms with E-state index in [4.69, 9.17) is 9.15 Å². The topological polar surface area (TPSA) is 78.1 Å². The Morgan fingerprint density at radius 1 is 1.15 bits per heavy atom. The summed E-state index contributed by atoms with van der Waals surface area (Å²) >= 11 is 2.64. The van der Waals surface area contributed by atoms with Gasteiger partial charge in [0.15, 0.2) is 12.4 Å². The Morgan fingerprint density at radius 2 is 2.08 bits per heavy atom. The molecule has 0 aliphatic heterocycles. The van der Waals surface area contributed by atoms with Crippen LogP contribution < -0.4 is 4.74 Å². The molecule has 3 aromatic heterocycles. The quantitative estimate of drug-likeness (QED) is 0.349. The molecule has 0 aliphatic carbocycles. The summed E-state index contributed by atoms with van der Waals surface area (Å²) in [7, 11) is 0. The second-order valence-electron chi connectivity index (χ2n) is 5.27. The summed E-state index contributed by atoms with van der Waals surface area (Å²) in [6.45, 7) is 0.141. The van der Waals surface area contributed by atoms with E-state index in [9.17, 15) is 4.79 Å². The van der Waals surface area contributed by atoms with Crippen molar-refractivity contribution in [2.45, 2.75) is 11.8 Å². The first-order chi connectivity index (χ1) is 12.8. The minimum Gasteiger partial charge on any atom is -0.482 e. The smallest absolute Gasteiger partial charge is 0.277 e. The first kappa shape index (κ1) is 16.7. The molecule has 0 saturated carbocycles. The van der Waals surface area contributed by atoms with Crippen molar-refractivity contribution in [2.24, 2.45) is 0 Å². The molecular formula is C18H13N3O3S2. The van der Waals surface area contributed by atoms with Gasteiger partial charge in [0.25, 0.3) is 11.1 Å². The Labute approximate surface area is 157 Å². The average molecular weight is 383 g/mol. The van der Waals surface area contributed by atoms with E-state index in [1.54, 1.807) is 12.3 Å². The van der Waals surface area contributed by atoms with E-state index in [-0.39, 0.29) is 18.1 Å². The van der Waals surface area contributed by atoms with E-state index in [0.29, 0.717) is 16.9 Å². The van der Waals surface area contributed by atoms with Crippen molar-refractivity contribution in [3.05, 3.63) is 64.8 Å². The number of thiophene rings is 1. The number of thioether (sulfide) groups is 1. The molecule has 0 atom stereocenters. The van der Waals surface area contributed by atoms with Crippen molar-refractivity contribution in [2.75, 3.05) is 5.75 Å². The van der Waals surface area contributed by atoms with Gasteiger partial charge in [-0.2, -0.15) is 0 Å². The molecule has 0 fully saturated rings. The van der Waals surface area contributed by atoms with E-state index in [2.05, 4.69) is 15.2 Å². The molecule has 0 aliphatic rings. The van der Waals surface area contributed by atoms with E-state index >= 15 is 0 Å². The predicted octanol–water partition coefficient (Wildman–Crippen LogP) is 4.23. The molecule has 0 radical (unpaired) electrons. The maximum absolute atomic E-state index is 12.0. The summed E-state index contributed by atoms with van der Waals surface area (Å²) in [6, 6.07) is 13.2. The second kappa shape index (κ2) is 7.67. The number of para-hydroxylation sites is 1. The van der Waals surface area contributed by atoms with Gasteiger partial charge in [-0.25, -0.2) is 0 Å². The Hall–Kier alpha value is -2.71. The monoisotopic (exact) mass is 383 g/mol. The summed E-state index contributed by atoms with van der Waals surface area (Å²) in [4.78, 5) is 17.1. The van der Waals surface area contributed by atoms with Crippen molar-refractivity contribution < 1.29 is 13.9 Å². The normalized spacial score (nSPS) is 10.9. The number of carbonyl (C=O) groups is 1. The Balaban J connectivity index is 1.37. The van der Waals surface area contributed by atoms with Crippen molar-refractivity contribution in [1.29, 1.82) is 0 Å². The van der Waals surface area contributed by atoms with Crippen LogP contribution >= 0.6 is 23.1 Å². The zero-order valence-corrected chi connectivity index (χ0v) is 15.1. The SMILES string of the molecule is O=C(CSc1nnc(COc2cccc3cccnc23)o1)c1cccs1. The maximum atomic E-state index is 12.0. The van der Waals surface area contributed by atoms with Crippen LogP contribution in [0.1, 0.15) is 15.6 Å². The summed E-state index contributed by atoms with van der Waals surface area (Å²) in [6.07, 6.45) is 1.72. The molecule has 26 heavy (non-hydrogen) atoms. The molecule has 0 amide bonds. The highest BCUT2D eigenvalue weighted by atomic mass is 32.2. The lowest BCUT2D eigenvalue weighted by Crippen LogP contribution is -1.99. The Kier molecular flexibility index (Phi) is 4.94. The molecule has 0 bridgehead atoms. The standard InChI is InChI=1S/C18H13N3O3S2/c22-13(15-7-3-9-25-15)11-26-18-21-20-16(24-18)10-23-14-6-1-4-12-5-2-8-19-17(12)14/h1-9H,10-11H2. The molecule has 4 aromatic rings. The van der Waals surface area contributed by atoms with Crippen LogP contribution in [0.25, 0.3) is 10.9 Å². The average Bonchev–Trinajstić information content (AvgIpc) is 3.36. The molecule has 1 aromatic carbocycles. The number of carbonyl (C=O) groups excluding carboxylic acids is 1. The van der Waals surface area contributed by atoms with Crippen LogP contribution in [0, 0.1) is 0 Å². The highest BCUT2D eigenvalue weighted by molar-refractivity contribution is 7.99. The fourth-order valence-electron chi connectivity index (χ4n) is 2.32. The van der Waals surface area contributed by atoms with Gasteiger partial charge in [0, 0.05) is 11.6 Å². The molecule has 130 valence electrons. The van der Waals surface area contributed by atoms with Crippen molar-refractivity contribution in [3.63, 3.8) is 0 Å². The van der Waals surface area contributed by atoms with Gasteiger partial charge in [0.2, 0.25) is 0 Å². The molecule has 0 saturated heterocycles. The van der Waals surface area contributed by atoms with Gasteiger partial charge in [-0.05, 0) is 23.6 Å². The van der Waals surface area contributed by atoms with Crippen LogP contribution in [0.15, 0.2) is 63.7 Å². The number of ketones is 1. The number of hydrogen-bond acceptors (Lipinski definition) is 8. The van der Waals surface area contributed by atoms with E-state index in [0.717, 1.165) is 15.8 Å². The number of rotatable bonds is 7. The number of benzene rings is 1. The molecule has 0 unspecified atom stereocenters. The van der Waals surface area contributed by atoms with Crippen LogP contribution in [0.4, 0.5) is 0 Å². The third-order valence-electron chi connectivity index (χ3n) is 3.52. The van der Waals surface area contributed by atoms with Gasteiger partial charge < -0.3 is 9.15 Å². The van der Waals surface area contributed by atoms with Crippen molar-refractivity contribution in [3.8, 4) is 5.75 Å². The van der Waals surface area contributed by atoms with Crippen LogP contribution in [0.5, 0.6) is 5.75 Å². The third-order valence-corrected chi connectivity index (χ3v) is 5.25. The molecule has 3 heterocycles. The highest BCUT2D eigenvalue weighted by Crippen LogP contribution is 2.24. The Morgan fingerprint density at radius 3 is 2.96 bits per heavy atom. The molecule has 0 N–H and O–H groups in total. The van der Waals surface area contributed by atoms with Crippen LogP contribution in [-0.4, -0.2) is 26.7 Å². The lowest BCUT2D eigenvalue weighted by atomic mass is 10.2. The minimum atomic E-state index is 0.0443. The molecular weight excluding hydrogens is 370 g/mol. The third kappa shape index (κ3) is 3.76. The molecule has 4 rings (SSSR count). The number of hydrogen-bond donors (Lipinski definition) is 0. The number of fused-ring (bicyclic) bond motifs is 1. The summed E-state index contributed by atoms with van der Waals surface area (Å²) in [5.41, 5.74) is 0.783. The van der Waals surface area contributed by atoms with Crippen molar-refractivity contribution >= 4 is 39.8 Å². The fraction of sp³-hybridized carbons (Fsp3) is 0.111. The number of aromatic nitrogens is 3. The van der Waals surface area contributed by atoms with Gasteiger partial charge in [-0.1, -0.05) is 36.0 Å². The predicted molar refractivity (Wildman–Crippen MR) is 99.7 cm³/mol. The van der Waals surface area contributed by atoms with E-state index < -0.39 is 0 Å². The largest absolute Gasteiger partial charge is 0.482 e. The van der Waals surface area contributed by atoms with Gasteiger partial charge >= 0.3 is 0 Å². The summed E-state index contributed by atoms with van der Waals surface area (Å²) < 4.78 is 11.3. The fourth-order valence-corrected chi connectivity index (χ4v) is 3.74. The van der Waals surface area contributed by atoms with E-state index in [1.807, 2.05) is 41.8 Å². The zero-order valence-electron chi connectivity index (χ0n) is 13.5. The second-order valence-corrected chi connectivity index (χ2v) is 7.15. The van der Waals surface area contributed by atoms with Crippen LogP contribution in [-0.2, 0) is 6.61 Å². The number of Topliss-reactive ketones (excluding diaryl/α,β-unsaturated/α-hetero) is 1. The van der Waals surface area contributed by atoms with Gasteiger partial charge in [-0.3, -0.25) is 9.78 Å². The number of ether oxygens (including phenoxy) is 1. The number of pyridine rings is 1. The van der Waals surface area contributed by atoms with Crippen LogP contribution in [0.2, 0.25) is 0 Å². The number of nitrogens with zero attached hydrogens (tertiary/aromatic N) is 3. The highest BCUT2D eigenvalue weighted by Gasteiger charge is 2.13. The lowest BCUT2D eigenvalue weighted by Gasteiger charge is -2.06. The zero-order chi connectivity index (χ0) is 17.8. The van der Waals surface area contributed by atoms with Gasteiger partial charge in [0.1, 0.15) is 11.3 Å². The molecule has 8 heteroatoms. The summed E-state index contributed by atoms with van der Waals surface area (Å²) in [5.74, 6) is 1.31. The van der Waals surface area contributed by atoms with Gasteiger partial charge in [-0.15, -0.1) is 21.5 Å². The summed E-state index contributed by atoms with van der Waals surface area (Å²) in [5, 5.41) is 11.1. The maximum Gasteiger partial charge on any atom is 0.277 e. The minimum absolute atomic E-state index is 0.0443. The molecule has 0 spiro atoms. The first-order valence-electron chi connectivity index (χ1n) is 7.78. The Bertz CT molecular complexity index is 1030. The molecule has 6 nitrogen and oxygen atoms in total. The lowest BCUT2D eigenvalue weighted by molar-refractivity contribution is 0.102. The van der Waals surface area contributed by atoms with Crippen LogP contribution in [0.3, 0.4) is 0 Å². The first-order valence-corrected chi connectivity index (χ1v) is 9.64. The van der Waals surface area contributed by atoms with E-state index in [1.165, 1.54) is 23.1 Å². The van der Waals surface area contributed by atoms with Gasteiger partial charge in [0.05, 0.1) is 10.6 Å². The van der Waals surface area contributed by atoms with Crippen molar-refractivity contribution in [1.82, 2.24) is 15.2 Å².